The highest BCUT2D eigenvalue weighted by atomic mass is 16.5. The molecule has 1 unspecified atom stereocenters. The van der Waals surface area contributed by atoms with Crippen molar-refractivity contribution in [2.75, 3.05) is 6.61 Å². The number of hydrogen-bond acceptors (Lipinski definition) is 4. The lowest BCUT2D eigenvalue weighted by atomic mass is 9.32. The van der Waals surface area contributed by atoms with Gasteiger partial charge in [0.25, 0.3) is 0 Å². The molecule has 214 valence electrons. The van der Waals surface area contributed by atoms with E-state index in [0.717, 1.165) is 12.8 Å². The zero-order valence-corrected chi connectivity index (χ0v) is 25.6. The van der Waals surface area contributed by atoms with Gasteiger partial charge in [-0.15, -0.1) is 0 Å². The van der Waals surface area contributed by atoms with Gasteiger partial charge in [-0.25, -0.2) is 0 Å². The molecule has 5 saturated carbocycles. The molecule has 0 heterocycles. The van der Waals surface area contributed by atoms with Crippen molar-refractivity contribution in [2.24, 2.45) is 56.7 Å². The molecule has 0 spiro atoms. The number of carbonyl (C=O) groups is 2. The van der Waals surface area contributed by atoms with E-state index in [-0.39, 0.29) is 39.7 Å². The second-order valence-corrected chi connectivity index (χ2v) is 15.8. The van der Waals surface area contributed by atoms with Crippen LogP contribution in [0.5, 0.6) is 0 Å². The summed E-state index contributed by atoms with van der Waals surface area (Å²) in [7, 11) is 0. The Hall–Kier alpha value is -1.32. The Balaban J connectivity index is 1.49. The first-order valence-corrected chi connectivity index (χ1v) is 15.6. The van der Waals surface area contributed by atoms with Gasteiger partial charge in [-0.3, -0.25) is 9.59 Å². The molecule has 10 atom stereocenters. The van der Waals surface area contributed by atoms with Crippen LogP contribution in [0, 0.1) is 56.7 Å². The SMILES string of the molecule is C=C(C)[C@@H]1CC[C@]2(COC(C)=O)CC[C@]3(C)[C@H](CC[C@@H]4[C@@]5(C)CCC(OC(C)=O)C(C)(C)[C@@H]5CC[C@]43C)[C@@H]12. The standard InChI is InChI=1S/C34H54O4/c1-21(2)24-12-17-34(20-37-22(3)35)19-18-32(8)25(29(24)34)10-11-27-31(7)15-14-28(38-23(4)36)30(5,6)26(31)13-16-33(27,32)9/h24-29H,1,10-20H2,2-9H3/t24-,25+,26-,27+,28?,29+,31-,32+,33+,34+/m0/s1. The van der Waals surface area contributed by atoms with Crippen LogP contribution in [0.3, 0.4) is 0 Å². The Labute approximate surface area is 232 Å². The molecule has 38 heavy (non-hydrogen) atoms. The molecular weight excluding hydrogens is 472 g/mol. The summed E-state index contributed by atoms with van der Waals surface area (Å²) in [6.07, 6.45) is 12.0. The third-order valence-corrected chi connectivity index (χ3v) is 14.0. The first-order chi connectivity index (χ1) is 17.6. The minimum atomic E-state index is -0.140. The van der Waals surface area contributed by atoms with Crippen LogP contribution in [-0.4, -0.2) is 24.6 Å². The lowest BCUT2D eigenvalue weighted by Gasteiger charge is -2.73. The molecular formula is C34H54O4. The quantitative estimate of drug-likeness (QED) is 0.274. The molecule has 5 fully saturated rings. The van der Waals surface area contributed by atoms with E-state index in [9.17, 15) is 9.59 Å². The summed E-state index contributed by atoms with van der Waals surface area (Å²) >= 11 is 0. The normalized spacial score (nSPS) is 49.1. The minimum Gasteiger partial charge on any atom is -0.465 e. The molecule has 4 nitrogen and oxygen atoms in total. The van der Waals surface area contributed by atoms with Gasteiger partial charge in [0.15, 0.2) is 0 Å². The van der Waals surface area contributed by atoms with Gasteiger partial charge in [0, 0.05) is 24.7 Å². The molecule has 0 aromatic carbocycles. The van der Waals surface area contributed by atoms with Crippen molar-refractivity contribution < 1.29 is 19.1 Å². The molecule has 0 bridgehead atoms. The van der Waals surface area contributed by atoms with Gasteiger partial charge in [-0.05, 0) is 117 Å². The largest absolute Gasteiger partial charge is 0.465 e. The number of rotatable bonds is 4. The van der Waals surface area contributed by atoms with Crippen LogP contribution in [0.4, 0.5) is 0 Å². The van der Waals surface area contributed by atoms with Crippen molar-refractivity contribution in [1.29, 1.82) is 0 Å². The second-order valence-electron chi connectivity index (χ2n) is 15.8. The maximum absolute atomic E-state index is 11.9. The fraction of sp³-hybridized carbons (Fsp3) is 0.882. The molecule has 5 rings (SSSR count). The van der Waals surface area contributed by atoms with Gasteiger partial charge in [0.2, 0.25) is 0 Å². The maximum Gasteiger partial charge on any atom is 0.302 e. The molecule has 0 saturated heterocycles. The number of esters is 2. The molecule has 0 radical (unpaired) electrons. The molecule has 0 aliphatic heterocycles. The number of carbonyl (C=O) groups excluding carboxylic acids is 2. The van der Waals surface area contributed by atoms with E-state index in [1.165, 1.54) is 56.9 Å². The van der Waals surface area contributed by atoms with E-state index in [4.69, 9.17) is 9.47 Å². The Bertz CT molecular complexity index is 998. The summed E-state index contributed by atoms with van der Waals surface area (Å²) in [6, 6.07) is 0. The molecule has 5 aliphatic carbocycles. The average molecular weight is 527 g/mol. The molecule has 0 aromatic heterocycles. The predicted octanol–water partition coefficient (Wildman–Crippen LogP) is 8.14. The van der Waals surface area contributed by atoms with Crippen molar-refractivity contribution in [3.8, 4) is 0 Å². The van der Waals surface area contributed by atoms with Crippen LogP contribution >= 0.6 is 0 Å². The second kappa shape index (κ2) is 9.10. The van der Waals surface area contributed by atoms with Crippen LogP contribution in [0.25, 0.3) is 0 Å². The molecule has 4 heteroatoms. The molecule has 5 aliphatic rings. The smallest absolute Gasteiger partial charge is 0.302 e. The van der Waals surface area contributed by atoms with E-state index < -0.39 is 0 Å². The first kappa shape index (κ1) is 28.2. The Morgan fingerprint density at radius 3 is 2.11 bits per heavy atom. The van der Waals surface area contributed by atoms with E-state index in [1.54, 1.807) is 13.8 Å². The summed E-state index contributed by atoms with van der Waals surface area (Å²) in [5.41, 5.74) is 2.30. The van der Waals surface area contributed by atoms with Crippen LogP contribution in [0.15, 0.2) is 12.2 Å². The van der Waals surface area contributed by atoms with Gasteiger partial charge < -0.3 is 9.47 Å². The monoisotopic (exact) mass is 526 g/mol. The Kier molecular flexibility index (Phi) is 6.76. The van der Waals surface area contributed by atoms with Crippen molar-refractivity contribution in [3.63, 3.8) is 0 Å². The molecule has 0 aromatic rings. The van der Waals surface area contributed by atoms with Crippen LogP contribution in [-0.2, 0) is 19.1 Å². The highest BCUT2D eigenvalue weighted by Crippen LogP contribution is 2.77. The van der Waals surface area contributed by atoms with Crippen molar-refractivity contribution in [3.05, 3.63) is 12.2 Å². The van der Waals surface area contributed by atoms with Crippen molar-refractivity contribution in [2.45, 2.75) is 126 Å². The zero-order chi connectivity index (χ0) is 27.9. The summed E-state index contributed by atoms with van der Waals surface area (Å²) in [5, 5.41) is 0. The Morgan fingerprint density at radius 1 is 0.763 bits per heavy atom. The Morgan fingerprint density at radius 2 is 1.47 bits per heavy atom. The third kappa shape index (κ3) is 3.80. The highest BCUT2D eigenvalue weighted by Gasteiger charge is 2.71. The summed E-state index contributed by atoms with van der Waals surface area (Å²) in [6.45, 7) is 23.1. The van der Waals surface area contributed by atoms with Crippen LogP contribution in [0.2, 0.25) is 0 Å². The van der Waals surface area contributed by atoms with Gasteiger partial charge in [-0.2, -0.15) is 0 Å². The van der Waals surface area contributed by atoms with Crippen molar-refractivity contribution >= 4 is 11.9 Å². The van der Waals surface area contributed by atoms with Gasteiger partial charge in [0.05, 0.1) is 6.61 Å². The summed E-state index contributed by atoms with van der Waals surface area (Å²) < 4.78 is 11.7. The van der Waals surface area contributed by atoms with Crippen LogP contribution < -0.4 is 0 Å². The van der Waals surface area contributed by atoms with Crippen LogP contribution in [0.1, 0.15) is 120 Å². The molecule has 0 amide bonds. The first-order valence-electron chi connectivity index (χ1n) is 15.6. The third-order valence-electron chi connectivity index (χ3n) is 14.0. The average Bonchev–Trinajstić information content (AvgIpc) is 3.20. The van der Waals surface area contributed by atoms with Crippen molar-refractivity contribution in [1.82, 2.24) is 0 Å². The van der Waals surface area contributed by atoms with E-state index in [0.29, 0.717) is 41.6 Å². The van der Waals surface area contributed by atoms with Gasteiger partial charge >= 0.3 is 11.9 Å². The van der Waals surface area contributed by atoms with Gasteiger partial charge in [0.1, 0.15) is 6.10 Å². The highest BCUT2D eigenvalue weighted by molar-refractivity contribution is 5.66. The lowest BCUT2D eigenvalue weighted by Crippen LogP contribution is -2.67. The number of allylic oxidation sites excluding steroid dienone is 1. The van der Waals surface area contributed by atoms with Gasteiger partial charge in [-0.1, -0.05) is 46.8 Å². The minimum absolute atomic E-state index is 0.00000109. The number of fused-ring (bicyclic) bond motifs is 7. The zero-order valence-electron chi connectivity index (χ0n) is 25.6. The van der Waals surface area contributed by atoms with E-state index in [2.05, 4.69) is 48.1 Å². The fourth-order valence-electron chi connectivity index (χ4n) is 12.2. The fourth-order valence-corrected chi connectivity index (χ4v) is 12.2. The molecule has 0 N–H and O–H groups in total. The summed E-state index contributed by atoms with van der Waals surface area (Å²) in [4.78, 5) is 23.8. The maximum atomic E-state index is 11.9. The number of ether oxygens (including phenoxy) is 2. The topological polar surface area (TPSA) is 52.6 Å². The number of hydrogen-bond donors (Lipinski definition) is 0. The van der Waals surface area contributed by atoms with E-state index >= 15 is 0 Å². The lowest BCUT2D eigenvalue weighted by molar-refractivity contribution is -0.252. The summed E-state index contributed by atoms with van der Waals surface area (Å²) in [5.74, 6) is 2.76. The van der Waals surface area contributed by atoms with E-state index in [1.807, 2.05) is 0 Å². The predicted molar refractivity (Wildman–Crippen MR) is 151 cm³/mol.